The number of nitrogens with two attached hydrogens (primary N) is 2. The Morgan fingerprint density at radius 3 is 2.75 bits per heavy atom. The summed E-state index contributed by atoms with van der Waals surface area (Å²) in [5, 5.41) is 0. The molecule has 0 spiro atoms. The summed E-state index contributed by atoms with van der Waals surface area (Å²) in [6.07, 6.45) is 1.69. The van der Waals surface area contributed by atoms with Gasteiger partial charge in [0, 0.05) is 6.54 Å². The molecule has 0 bridgehead atoms. The Labute approximate surface area is 119 Å². The van der Waals surface area contributed by atoms with Crippen molar-refractivity contribution >= 4 is 17.4 Å². The lowest BCUT2D eigenvalue weighted by molar-refractivity contribution is -0.119. The van der Waals surface area contributed by atoms with E-state index in [1.807, 2.05) is 25.7 Å². The van der Waals surface area contributed by atoms with E-state index in [9.17, 15) is 4.79 Å². The maximum atomic E-state index is 11.5. The monoisotopic (exact) mass is 278 g/mol. The fourth-order valence-electron chi connectivity index (χ4n) is 2.31. The van der Waals surface area contributed by atoms with Crippen molar-refractivity contribution in [1.82, 2.24) is 4.98 Å². The van der Waals surface area contributed by atoms with Crippen LogP contribution in [0.4, 0.5) is 11.5 Å². The number of amides is 1. The molecule has 6 nitrogen and oxygen atoms in total. The second kappa shape index (κ2) is 5.19. The summed E-state index contributed by atoms with van der Waals surface area (Å²) in [6, 6.07) is 3.25. The van der Waals surface area contributed by atoms with Crippen molar-refractivity contribution in [3.63, 3.8) is 0 Å². The summed E-state index contributed by atoms with van der Waals surface area (Å²) in [4.78, 5) is 17.8. The van der Waals surface area contributed by atoms with Crippen LogP contribution in [0, 0.1) is 0 Å². The Kier molecular flexibility index (Phi) is 3.74. The molecule has 1 aromatic heterocycles. The molecule has 110 valence electrons. The van der Waals surface area contributed by atoms with Gasteiger partial charge in [-0.1, -0.05) is 0 Å². The Bertz CT molecular complexity index is 510. The van der Waals surface area contributed by atoms with Gasteiger partial charge < -0.3 is 21.1 Å². The minimum Gasteiger partial charge on any atom is -0.470 e. The van der Waals surface area contributed by atoms with E-state index in [1.165, 1.54) is 0 Å². The Morgan fingerprint density at radius 1 is 1.45 bits per heavy atom. The number of aromatic nitrogens is 1. The molecule has 1 saturated heterocycles. The molecule has 2 heterocycles. The van der Waals surface area contributed by atoms with Gasteiger partial charge in [0.1, 0.15) is 17.5 Å². The first kappa shape index (κ1) is 14.4. The van der Waals surface area contributed by atoms with Crippen molar-refractivity contribution in [3.8, 4) is 5.88 Å². The molecule has 4 N–H and O–H groups in total. The van der Waals surface area contributed by atoms with Gasteiger partial charge in [0.2, 0.25) is 11.8 Å². The average molecular weight is 278 g/mol. The van der Waals surface area contributed by atoms with E-state index in [2.05, 4.69) is 4.98 Å². The zero-order valence-corrected chi connectivity index (χ0v) is 12.2. The van der Waals surface area contributed by atoms with Crippen molar-refractivity contribution in [2.75, 3.05) is 17.2 Å². The lowest BCUT2D eigenvalue weighted by Crippen LogP contribution is -2.40. The quantitative estimate of drug-likeness (QED) is 0.869. The highest BCUT2D eigenvalue weighted by Crippen LogP contribution is 2.30. The number of ether oxygens (including phenoxy) is 1. The number of hydrogen-bond acceptors (Lipinski definition) is 5. The van der Waals surface area contributed by atoms with Crippen LogP contribution in [0.15, 0.2) is 12.1 Å². The molecule has 1 amide bonds. The van der Waals surface area contributed by atoms with Gasteiger partial charge in [-0.05, 0) is 45.7 Å². The third-order valence-corrected chi connectivity index (χ3v) is 3.15. The van der Waals surface area contributed by atoms with Crippen LogP contribution in [0.1, 0.15) is 33.6 Å². The second-order valence-corrected chi connectivity index (χ2v) is 6.03. The van der Waals surface area contributed by atoms with Crippen LogP contribution < -0.4 is 21.1 Å². The lowest BCUT2D eigenvalue weighted by Gasteiger charge is -2.26. The fraction of sp³-hybridized carbons (Fsp3) is 0.571. The molecular formula is C14H22N4O2. The van der Waals surface area contributed by atoms with Crippen LogP contribution in [0.25, 0.3) is 0 Å². The summed E-state index contributed by atoms with van der Waals surface area (Å²) >= 11 is 0. The smallest absolute Gasteiger partial charge is 0.240 e. The highest BCUT2D eigenvalue weighted by atomic mass is 16.5. The van der Waals surface area contributed by atoms with Crippen molar-refractivity contribution in [1.29, 1.82) is 0 Å². The fourth-order valence-corrected chi connectivity index (χ4v) is 2.31. The minimum absolute atomic E-state index is 0.298. The van der Waals surface area contributed by atoms with Crippen LogP contribution in [0.2, 0.25) is 0 Å². The molecule has 1 fully saturated rings. The van der Waals surface area contributed by atoms with Gasteiger partial charge in [-0.25, -0.2) is 0 Å². The second-order valence-electron chi connectivity index (χ2n) is 6.03. The van der Waals surface area contributed by atoms with Crippen LogP contribution in [0.5, 0.6) is 5.88 Å². The molecule has 1 aromatic rings. The van der Waals surface area contributed by atoms with Gasteiger partial charge in [-0.2, -0.15) is 4.98 Å². The topological polar surface area (TPSA) is 94.5 Å². The summed E-state index contributed by atoms with van der Waals surface area (Å²) in [6.45, 7) is 6.56. The number of rotatable bonds is 3. The molecule has 0 aliphatic carbocycles. The molecule has 0 aromatic carbocycles. The molecular weight excluding hydrogens is 256 g/mol. The van der Waals surface area contributed by atoms with E-state index < -0.39 is 0 Å². The number of nitrogens with zero attached hydrogens (tertiary/aromatic N) is 2. The summed E-state index contributed by atoms with van der Waals surface area (Å²) < 4.78 is 5.75. The molecule has 1 unspecified atom stereocenters. The maximum Gasteiger partial charge on any atom is 0.240 e. The van der Waals surface area contributed by atoms with E-state index in [0.29, 0.717) is 17.4 Å². The van der Waals surface area contributed by atoms with E-state index in [-0.39, 0.29) is 17.6 Å². The number of pyridine rings is 1. The third-order valence-electron chi connectivity index (χ3n) is 3.15. The van der Waals surface area contributed by atoms with E-state index >= 15 is 0 Å². The molecule has 1 aliphatic heterocycles. The molecule has 1 atom stereocenters. The summed E-state index contributed by atoms with van der Waals surface area (Å²) in [7, 11) is 0. The van der Waals surface area contributed by atoms with Gasteiger partial charge in [-0.15, -0.1) is 0 Å². The highest BCUT2D eigenvalue weighted by molar-refractivity contribution is 5.84. The average Bonchev–Trinajstić information content (AvgIpc) is 2.79. The molecule has 0 saturated carbocycles. The SMILES string of the molecule is CC(C)(C)Oc1nc(N2CCCC2C(N)=O)ccc1N. The lowest BCUT2D eigenvalue weighted by atomic mass is 10.2. The number of hydrogen-bond donors (Lipinski definition) is 2. The maximum absolute atomic E-state index is 11.5. The normalized spacial score (nSPS) is 19.1. The van der Waals surface area contributed by atoms with Crippen LogP contribution >= 0.6 is 0 Å². The number of carbonyl (C=O) groups is 1. The van der Waals surface area contributed by atoms with E-state index in [0.717, 1.165) is 19.4 Å². The van der Waals surface area contributed by atoms with Crippen LogP contribution in [-0.4, -0.2) is 29.1 Å². The Morgan fingerprint density at radius 2 is 2.15 bits per heavy atom. The molecule has 20 heavy (non-hydrogen) atoms. The Hall–Kier alpha value is -1.98. The minimum atomic E-state index is -0.381. The molecule has 6 heteroatoms. The van der Waals surface area contributed by atoms with Gasteiger partial charge in [0.15, 0.2) is 0 Å². The van der Waals surface area contributed by atoms with E-state index in [4.69, 9.17) is 16.2 Å². The predicted molar refractivity (Wildman–Crippen MR) is 78.6 cm³/mol. The summed E-state index contributed by atoms with van der Waals surface area (Å²) in [5.74, 6) is 0.754. The third kappa shape index (κ3) is 3.12. The van der Waals surface area contributed by atoms with Crippen molar-refractivity contribution in [2.45, 2.75) is 45.3 Å². The summed E-state index contributed by atoms with van der Waals surface area (Å²) in [5.41, 5.74) is 11.4. The first-order valence-corrected chi connectivity index (χ1v) is 6.79. The van der Waals surface area contributed by atoms with Gasteiger partial charge in [-0.3, -0.25) is 4.79 Å². The Balaban J connectivity index is 2.29. The van der Waals surface area contributed by atoms with Crippen LogP contribution in [0.3, 0.4) is 0 Å². The molecule has 2 rings (SSSR count). The highest BCUT2D eigenvalue weighted by Gasteiger charge is 2.30. The zero-order valence-electron chi connectivity index (χ0n) is 12.2. The standard InChI is InChI=1S/C14H22N4O2/c1-14(2,3)20-13-9(15)6-7-11(17-13)18-8-4-5-10(18)12(16)19/h6-7,10H,4-5,8,15H2,1-3H3,(H2,16,19). The number of primary amides is 1. The van der Waals surface area contributed by atoms with Crippen molar-refractivity contribution in [2.24, 2.45) is 5.73 Å². The molecule has 1 aliphatic rings. The van der Waals surface area contributed by atoms with E-state index in [1.54, 1.807) is 12.1 Å². The largest absolute Gasteiger partial charge is 0.470 e. The van der Waals surface area contributed by atoms with Crippen LogP contribution in [-0.2, 0) is 4.79 Å². The van der Waals surface area contributed by atoms with Crippen molar-refractivity contribution in [3.05, 3.63) is 12.1 Å². The predicted octanol–water partition coefficient (Wildman–Crippen LogP) is 1.30. The number of nitrogen functional groups attached to an aromatic ring is 1. The zero-order chi connectivity index (χ0) is 14.9. The van der Waals surface area contributed by atoms with Gasteiger partial charge in [0.05, 0.1) is 5.69 Å². The van der Waals surface area contributed by atoms with Gasteiger partial charge >= 0.3 is 0 Å². The first-order valence-electron chi connectivity index (χ1n) is 6.79. The molecule has 0 radical (unpaired) electrons. The first-order chi connectivity index (χ1) is 9.28. The van der Waals surface area contributed by atoms with Gasteiger partial charge in [0.25, 0.3) is 0 Å². The van der Waals surface area contributed by atoms with Crippen molar-refractivity contribution < 1.29 is 9.53 Å². The number of carbonyl (C=O) groups excluding carboxylic acids is 1. The number of anilines is 2.